The highest BCUT2D eigenvalue weighted by Crippen LogP contribution is 2.41. The van der Waals surface area contributed by atoms with Crippen molar-refractivity contribution in [3.63, 3.8) is 0 Å². The Hall–Kier alpha value is -1.92. The minimum Gasteiger partial charge on any atom is -0.342 e. The fraction of sp³-hybridized carbons (Fsp3) is 0.412. The van der Waals surface area contributed by atoms with E-state index in [1.807, 2.05) is 6.20 Å². The Kier molecular flexibility index (Phi) is 3.79. The molecule has 2 aromatic heterocycles. The topological polar surface area (TPSA) is 56.3 Å². The summed E-state index contributed by atoms with van der Waals surface area (Å²) in [5.74, 6) is 1.01. The molecule has 2 aliphatic heterocycles. The predicted molar refractivity (Wildman–Crippen MR) is 96.2 cm³/mol. The van der Waals surface area contributed by atoms with E-state index in [4.69, 9.17) is 4.99 Å². The van der Waals surface area contributed by atoms with Gasteiger partial charge in [0.05, 0.1) is 29.0 Å². The van der Waals surface area contributed by atoms with Gasteiger partial charge in [-0.15, -0.1) is 11.3 Å². The zero-order chi connectivity index (χ0) is 15.8. The summed E-state index contributed by atoms with van der Waals surface area (Å²) in [5.41, 5.74) is 4.34. The summed E-state index contributed by atoms with van der Waals surface area (Å²) < 4.78 is 0. The van der Waals surface area contributed by atoms with Gasteiger partial charge in [-0.1, -0.05) is 13.5 Å². The number of hydrogen-bond acceptors (Lipinski definition) is 5. The van der Waals surface area contributed by atoms with Gasteiger partial charge in [-0.3, -0.25) is 10.00 Å². The predicted octanol–water partition coefficient (Wildman–Crippen LogP) is 3.40. The highest BCUT2D eigenvalue weighted by Gasteiger charge is 2.22. The lowest BCUT2D eigenvalue weighted by molar-refractivity contribution is 0.386. The van der Waals surface area contributed by atoms with Crippen LogP contribution in [0.2, 0.25) is 0 Å². The van der Waals surface area contributed by atoms with Gasteiger partial charge >= 0.3 is 0 Å². The van der Waals surface area contributed by atoms with E-state index in [0.717, 1.165) is 35.1 Å². The second-order valence-corrected chi connectivity index (χ2v) is 7.14. The third kappa shape index (κ3) is 2.72. The number of thiophene rings is 1. The number of hydrogen-bond donors (Lipinski definition) is 2. The molecule has 0 saturated carbocycles. The number of H-pyrrole nitrogens is 1. The van der Waals surface area contributed by atoms with Crippen LogP contribution < -0.4 is 5.32 Å². The summed E-state index contributed by atoms with van der Waals surface area (Å²) in [6.07, 6.45) is 5.44. The van der Waals surface area contributed by atoms with Gasteiger partial charge < -0.3 is 5.32 Å². The molecular formula is C17H21N5S. The summed E-state index contributed by atoms with van der Waals surface area (Å²) in [4.78, 5) is 9.61. The monoisotopic (exact) mass is 327 g/mol. The number of aryl methyl sites for hydroxylation is 1. The molecule has 0 aromatic carbocycles. The van der Waals surface area contributed by atoms with Crippen molar-refractivity contribution < 1.29 is 0 Å². The van der Waals surface area contributed by atoms with E-state index in [2.05, 4.69) is 40.0 Å². The van der Waals surface area contributed by atoms with E-state index in [1.165, 1.54) is 42.1 Å². The van der Waals surface area contributed by atoms with Crippen LogP contribution in [0.3, 0.4) is 0 Å². The van der Waals surface area contributed by atoms with Crippen LogP contribution in [0.15, 0.2) is 23.8 Å². The molecule has 5 nitrogen and oxygen atoms in total. The van der Waals surface area contributed by atoms with Crippen LogP contribution >= 0.6 is 11.3 Å². The normalized spacial score (nSPS) is 18.0. The summed E-state index contributed by atoms with van der Waals surface area (Å²) in [5, 5.41) is 10.6. The molecule has 2 aromatic rings. The van der Waals surface area contributed by atoms with E-state index >= 15 is 0 Å². The average molecular weight is 327 g/mol. The molecule has 0 unspecified atom stereocenters. The van der Waals surface area contributed by atoms with Gasteiger partial charge in [0, 0.05) is 16.1 Å². The molecule has 1 saturated heterocycles. The molecule has 0 atom stereocenters. The first kappa shape index (κ1) is 14.7. The minimum atomic E-state index is 0.884. The first-order chi connectivity index (χ1) is 11.2. The average Bonchev–Trinajstić information content (AvgIpc) is 3.26. The number of nitrogens with zero attached hydrogens (tertiary/aromatic N) is 3. The van der Waals surface area contributed by atoms with E-state index in [-0.39, 0.29) is 0 Å². The number of nitrogens with one attached hydrogen (secondary N) is 2. The second kappa shape index (κ2) is 5.94. The zero-order valence-corrected chi connectivity index (χ0v) is 14.2. The van der Waals surface area contributed by atoms with Gasteiger partial charge in [0.2, 0.25) is 0 Å². The van der Waals surface area contributed by atoms with Crippen LogP contribution in [0, 0.1) is 0 Å². The molecule has 2 aliphatic rings. The number of rotatable bonds is 4. The van der Waals surface area contributed by atoms with Crippen LogP contribution in [0.1, 0.15) is 30.3 Å². The Morgan fingerprint density at radius 2 is 2.17 bits per heavy atom. The lowest BCUT2D eigenvalue weighted by atomic mass is 10.1. The number of fused-ring (bicyclic) bond motifs is 1. The third-order valence-corrected chi connectivity index (χ3v) is 5.66. The van der Waals surface area contributed by atoms with E-state index < -0.39 is 0 Å². The molecule has 120 valence electrons. The van der Waals surface area contributed by atoms with Crippen molar-refractivity contribution in [1.29, 1.82) is 0 Å². The fourth-order valence-corrected chi connectivity index (χ4v) is 4.30. The Bertz CT molecular complexity index is 764. The number of aliphatic imine (C=N–C) groups is 1. The number of aromatic nitrogens is 2. The van der Waals surface area contributed by atoms with Crippen LogP contribution in [0.25, 0.3) is 16.1 Å². The summed E-state index contributed by atoms with van der Waals surface area (Å²) in [6.45, 7) is 9.56. The molecule has 4 rings (SSSR count). The van der Waals surface area contributed by atoms with Crippen molar-refractivity contribution in [3.8, 4) is 10.4 Å². The van der Waals surface area contributed by atoms with E-state index in [1.54, 1.807) is 11.3 Å². The smallest absolute Gasteiger partial charge is 0.121 e. The molecule has 6 heteroatoms. The Morgan fingerprint density at radius 3 is 2.96 bits per heavy atom. The van der Waals surface area contributed by atoms with Gasteiger partial charge in [-0.25, -0.2) is 4.99 Å². The van der Waals surface area contributed by atoms with Gasteiger partial charge in [0.15, 0.2) is 0 Å². The van der Waals surface area contributed by atoms with Crippen LogP contribution in [-0.2, 0) is 6.42 Å². The van der Waals surface area contributed by atoms with Gasteiger partial charge in [0.1, 0.15) is 5.84 Å². The molecule has 0 spiro atoms. The van der Waals surface area contributed by atoms with Crippen LogP contribution in [0.4, 0.5) is 5.69 Å². The Labute approximate surface area is 140 Å². The summed E-state index contributed by atoms with van der Waals surface area (Å²) >= 11 is 1.73. The Morgan fingerprint density at radius 1 is 1.35 bits per heavy atom. The van der Waals surface area contributed by atoms with Gasteiger partial charge in [0.25, 0.3) is 0 Å². The number of aromatic amines is 1. The molecule has 23 heavy (non-hydrogen) atoms. The molecule has 1 fully saturated rings. The lowest BCUT2D eigenvalue weighted by Crippen LogP contribution is -2.35. The molecule has 4 heterocycles. The first-order valence-electron chi connectivity index (χ1n) is 8.17. The van der Waals surface area contributed by atoms with Crippen LogP contribution in [-0.4, -0.2) is 40.6 Å². The maximum Gasteiger partial charge on any atom is 0.121 e. The summed E-state index contributed by atoms with van der Waals surface area (Å²) in [6, 6.07) is 2.17. The quantitative estimate of drug-likeness (QED) is 0.905. The minimum absolute atomic E-state index is 0.884. The number of amidine groups is 1. The molecule has 0 aliphatic carbocycles. The van der Waals surface area contributed by atoms with E-state index in [0.29, 0.717) is 0 Å². The molecule has 2 N–H and O–H groups in total. The molecule has 0 amide bonds. The van der Waals surface area contributed by atoms with E-state index in [9.17, 15) is 0 Å². The van der Waals surface area contributed by atoms with Crippen molar-refractivity contribution in [2.75, 3.05) is 19.6 Å². The zero-order valence-electron chi connectivity index (χ0n) is 13.4. The molecule has 0 bridgehead atoms. The maximum atomic E-state index is 4.83. The lowest BCUT2D eigenvalue weighted by Gasteiger charge is -2.21. The van der Waals surface area contributed by atoms with Gasteiger partial charge in [-0.2, -0.15) is 5.10 Å². The third-order valence-electron chi connectivity index (χ3n) is 4.45. The molecular weight excluding hydrogens is 306 g/mol. The second-order valence-electron chi connectivity index (χ2n) is 6.09. The van der Waals surface area contributed by atoms with Crippen molar-refractivity contribution in [3.05, 3.63) is 29.4 Å². The maximum absolute atomic E-state index is 4.83. The van der Waals surface area contributed by atoms with Crippen molar-refractivity contribution >= 4 is 28.6 Å². The summed E-state index contributed by atoms with van der Waals surface area (Å²) in [7, 11) is 0. The fourth-order valence-electron chi connectivity index (χ4n) is 3.24. The van der Waals surface area contributed by atoms with Crippen LogP contribution in [0.5, 0.6) is 0 Å². The highest BCUT2D eigenvalue weighted by molar-refractivity contribution is 7.17. The standard InChI is InChI=1S/C17H21N5S/c1-3-13-12(9-18-21-13)15-8-14-17(23-15)11(2)19-16(20-14)10-22-6-4-5-7-22/h8-9H,2-7,10H2,1H3,(H,18,21)(H,19,20). The van der Waals surface area contributed by atoms with Crippen molar-refractivity contribution in [2.45, 2.75) is 26.2 Å². The van der Waals surface area contributed by atoms with Gasteiger partial charge in [-0.05, 0) is 38.4 Å². The Balaban J connectivity index is 1.64. The highest BCUT2D eigenvalue weighted by atomic mass is 32.1. The van der Waals surface area contributed by atoms with Crippen molar-refractivity contribution in [2.24, 2.45) is 4.99 Å². The largest absolute Gasteiger partial charge is 0.342 e. The first-order valence-corrected chi connectivity index (χ1v) is 8.99. The van der Waals surface area contributed by atoms with Crippen molar-refractivity contribution in [1.82, 2.24) is 20.4 Å². The SMILES string of the molecule is C=C1NC(CN2CCCC2)=Nc2cc(-c3cn[nH]c3CC)sc21. The molecule has 0 radical (unpaired) electrons. The number of likely N-dealkylation sites (tertiary alicyclic amines) is 1.